The molecule has 0 spiro atoms. The maximum atomic E-state index is 13.6. The first-order valence-corrected chi connectivity index (χ1v) is 6.38. The maximum Gasteiger partial charge on any atom is 0.191 e. The first-order valence-electron chi connectivity index (χ1n) is 5.02. The predicted molar refractivity (Wildman–Crippen MR) is 71.8 cm³/mol. The highest BCUT2D eigenvalue weighted by Crippen LogP contribution is 2.25. The Bertz CT molecular complexity index is 559. The van der Waals surface area contributed by atoms with Gasteiger partial charge in [-0.25, -0.2) is 14.4 Å². The summed E-state index contributed by atoms with van der Waals surface area (Å²) in [5.41, 5.74) is 11.6. The van der Waals surface area contributed by atoms with Crippen molar-refractivity contribution in [2.24, 2.45) is 0 Å². The molecule has 18 heavy (non-hydrogen) atoms. The molecule has 0 atom stereocenters. The van der Waals surface area contributed by atoms with E-state index in [-0.39, 0.29) is 16.7 Å². The second-order valence-corrected chi connectivity index (χ2v) is 4.85. The van der Waals surface area contributed by atoms with Crippen LogP contribution in [0.4, 0.5) is 16.0 Å². The summed E-state index contributed by atoms with van der Waals surface area (Å²) in [7, 11) is 0. The van der Waals surface area contributed by atoms with Gasteiger partial charge in [-0.1, -0.05) is 35.5 Å². The van der Waals surface area contributed by atoms with Crippen LogP contribution in [0.25, 0.3) is 0 Å². The van der Waals surface area contributed by atoms with Crippen molar-refractivity contribution in [3.05, 3.63) is 40.7 Å². The molecule has 0 fully saturated rings. The van der Waals surface area contributed by atoms with Crippen molar-refractivity contribution in [2.75, 3.05) is 11.5 Å². The average molecular weight is 285 g/mol. The smallest absolute Gasteiger partial charge is 0.191 e. The van der Waals surface area contributed by atoms with Crippen LogP contribution in [0, 0.1) is 5.82 Å². The van der Waals surface area contributed by atoms with E-state index in [1.54, 1.807) is 12.1 Å². The molecule has 0 aliphatic heterocycles. The lowest BCUT2D eigenvalue weighted by atomic mass is 10.2. The highest BCUT2D eigenvalue weighted by Gasteiger charge is 2.08. The molecule has 1 aromatic carbocycles. The Morgan fingerprint density at radius 1 is 1.22 bits per heavy atom. The topological polar surface area (TPSA) is 77.8 Å². The van der Waals surface area contributed by atoms with Gasteiger partial charge in [-0.3, -0.25) is 0 Å². The van der Waals surface area contributed by atoms with Gasteiger partial charge in [0.2, 0.25) is 0 Å². The summed E-state index contributed by atoms with van der Waals surface area (Å²) in [5, 5.41) is 0.507. The van der Waals surface area contributed by atoms with Crippen LogP contribution in [0.5, 0.6) is 0 Å². The van der Waals surface area contributed by atoms with Crippen molar-refractivity contribution in [1.29, 1.82) is 0 Å². The summed E-state index contributed by atoms with van der Waals surface area (Å²) >= 11 is 6.93. The summed E-state index contributed by atoms with van der Waals surface area (Å²) in [6, 6.07) is 6.31. The van der Waals surface area contributed by atoms with Crippen molar-refractivity contribution in [3.8, 4) is 0 Å². The van der Waals surface area contributed by atoms with Crippen LogP contribution in [-0.4, -0.2) is 9.97 Å². The van der Waals surface area contributed by atoms with Gasteiger partial charge < -0.3 is 11.5 Å². The van der Waals surface area contributed by atoms with E-state index in [1.807, 2.05) is 0 Å². The van der Waals surface area contributed by atoms with Gasteiger partial charge in [0.15, 0.2) is 5.16 Å². The highest BCUT2D eigenvalue weighted by molar-refractivity contribution is 7.98. The Morgan fingerprint density at radius 3 is 2.56 bits per heavy atom. The van der Waals surface area contributed by atoms with Crippen molar-refractivity contribution in [3.63, 3.8) is 0 Å². The molecular weight excluding hydrogens is 275 g/mol. The zero-order valence-corrected chi connectivity index (χ0v) is 10.8. The SMILES string of the molecule is Nc1cc(N)nc(SCc2cccc(Cl)c2F)n1. The summed E-state index contributed by atoms with van der Waals surface area (Å²) in [6.07, 6.45) is 0. The molecule has 4 N–H and O–H groups in total. The third-order valence-corrected chi connectivity index (χ3v) is 3.32. The van der Waals surface area contributed by atoms with Gasteiger partial charge in [0.05, 0.1) is 5.02 Å². The van der Waals surface area contributed by atoms with Crippen LogP contribution in [0.2, 0.25) is 5.02 Å². The Labute approximate surface area is 113 Å². The molecule has 2 aromatic rings. The van der Waals surface area contributed by atoms with Crippen molar-refractivity contribution >= 4 is 35.0 Å². The number of hydrogen-bond acceptors (Lipinski definition) is 5. The molecule has 0 unspecified atom stereocenters. The molecule has 0 radical (unpaired) electrons. The van der Waals surface area contributed by atoms with Crippen LogP contribution in [0.1, 0.15) is 5.56 Å². The minimum Gasteiger partial charge on any atom is -0.383 e. The van der Waals surface area contributed by atoms with E-state index in [0.717, 1.165) is 0 Å². The van der Waals surface area contributed by atoms with E-state index >= 15 is 0 Å². The molecule has 4 nitrogen and oxygen atoms in total. The normalized spacial score (nSPS) is 10.6. The Hall–Kier alpha value is -1.53. The fraction of sp³-hybridized carbons (Fsp3) is 0.0909. The molecule has 94 valence electrons. The lowest BCUT2D eigenvalue weighted by Crippen LogP contribution is -1.99. The van der Waals surface area contributed by atoms with E-state index < -0.39 is 5.82 Å². The number of rotatable bonds is 3. The maximum absolute atomic E-state index is 13.6. The number of nitrogens with zero attached hydrogens (tertiary/aromatic N) is 2. The molecule has 0 saturated heterocycles. The first kappa shape index (κ1) is 12.9. The van der Waals surface area contributed by atoms with Crippen LogP contribution in [0.3, 0.4) is 0 Å². The van der Waals surface area contributed by atoms with Crippen LogP contribution in [0.15, 0.2) is 29.4 Å². The fourth-order valence-corrected chi connectivity index (χ4v) is 2.37. The zero-order valence-electron chi connectivity index (χ0n) is 9.23. The van der Waals surface area contributed by atoms with Gasteiger partial charge in [0.25, 0.3) is 0 Å². The van der Waals surface area contributed by atoms with Crippen molar-refractivity contribution in [2.45, 2.75) is 10.9 Å². The monoisotopic (exact) mass is 284 g/mol. The largest absolute Gasteiger partial charge is 0.383 e. The van der Waals surface area contributed by atoms with Gasteiger partial charge in [0.1, 0.15) is 17.5 Å². The molecule has 7 heteroatoms. The minimum atomic E-state index is -0.427. The number of nitrogen functional groups attached to an aromatic ring is 2. The molecule has 0 bridgehead atoms. The average Bonchev–Trinajstić information content (AvgIpc) is 2.30. The molecule has 0 saturated carbocycles. The van der Waals surface area contributed by atoms with E-state index in [4.69, 9.17) is 23.1 Å². The third kappa shape index (κ3) is 3.02. The van der Waals surface area contributed by atoms with Crippen LogP contribution >= 0.6 is 23.4 Å². The molecule has 1 aromatic heterocycles. The highest BCUT2D eigenvalue weighted by atomic mass is 35.5. The predicted octanol–water partition coefficient (Wildman–Crippen LogP) is 2.73. The second kappa shape index (κ2) is 5.41. The molecule has 0 aliphatic rings. The van der Waals surface area contributed by atoms with Gasteiger partial charge in [-0.15, -0.1) is 0 Å². The third-order valence-electron chi connectivity index (χ3n) is 2.13. The van der Waals surface area contributed by atoms with Gasteiger partial charge in [-0.2, -0.15) is 0 Å². The van der Waals surface area contributed by atoms with Crippen molar-refractivity contribution in [1.82, 2.24) is 9.97 Å². The summed E-state index contributed by atoms with van der Waals surface area (Å²) < 4.78 is 13.6. The zero-order chi connectivity index (χ0) is 13.1. The van der Waals surface area contributed by atoms with E-state index in [9.17, 15) is 4.39 Å². The first-order chi connectivity index (χ1) is 8.56. The summed E-state index contributed by atoms with van der Waals surface area (Å²) in [5.74, 6) is 0.506. The molecule has 0 aliphatic carbocycles. The van der Waals surface area contributed by atoms with E-state index in [1.165, 1.54) is 23.9 Å². The lowest BCUT2D eigenvalue weighted by Gasteiger charge is -2.04. The molecule has 2 rings (SSSR count). The van der Waals surface area contributed by atoms with Crippen LogP contribution < -0.4 is 11.5 Å². The standard InChI is InChI=1S/C11H10ClFN4S/c12-7-3-1-2-6(10(7)13)5-18-11-16-8(14)4-9(15)17-11/h1-4H,5H2,(H4,14,15,16,17). The van der Waals surface area contributed by atoms with Crippen molar-refractivity contribution < 1.29 is 4.39 Å². The number of benzene rings is 1. The number of anilines is 2. The molecular formula is C11H10ClFN4S. The number of halogens is 2. The van der Waals surface area contributed by atoms with E-state index in [2.05, 4.69) is 9.97 Å². The Morgan fingerprint density at radius 2 is 1.89 bits per heavy atom. The Balaban J connectivity index is 2.14. The fourth-order valence-electron chi connectivity index (χ4n) is 1.33. The second-order valence-electron chi connectivity index (χ2n) is 3.50. The van der Waals surface area contributed by atoms with Gasteiger partial charge in [0, 0.05) is 11.8 Å². The quantitative estimate of drug-likeness (QED) is 0.669. The number of hydrogen-bond donors (Lipinski definition) is 2. The van der Waals surface area contributed by atoms with Gasteiger partial charge >= 0.3 is 0 Å². The Kier molecular flexibility index (Phi) is 3.88. The number of nitrogens with two attached hydrogens (primary N) is 2. The molecule has 0 amide bonds. The lowest BCUT2D eigenvalue weighted by molar-refractivity contribution is 0.617. The summed E-state index contributed by atoms with van der Waals surface area (Å²) in [4.78, 5) is 7.99. The van der Waals surface area contributed by atoms with Gasteiger partial charge in [-0.05, 0) is 11.6 Å². The van der Waals surface area contributed by atoms with E-state index in [0.29, 0.717) is 16.5 Å². The van der Waals surface area contributed by atoms with Crippen LogP contribution in [-0.2, 0) is 5.75 Å². The number of aromatic nitrogens is 2. The number of thioether (sulfide) groups is 1. The minimum absolute atomic E-state index is 0.0982. The molecule has 1 heterocycles. The summed E-state index contributed by atoms with van der Waals surface area (Å²) in [6.45, 7) is 0.